The summed E-state index contributed by atoms with van der Waals surface area (Å²) in [5.41, 5.74) is 0.681. The maximum Gasteiger partial charge on any atom is 0.156 e. The molecule has 0 aromatic heterocycles. The highest BCUT2D eigenvalue weighted by Gasteiger charge is 2.10. The minimum absolute atomic E-state index is 0.00202. The first-order valence-corrected chi connectivity index (χ1v) is 6.30. The van der Waals surface area contributed by atoms with Crippen molar-refractivity contribution in [3.05, 3.63) is 31.9 Å². The van der Waals surface area contributed by atoms with Crippen LogP contribution in [0.1, 0.15) is 0 Å². The van der Waals surface area contributed by atoms with Gasteiger partial charge in [0.25, 0.3) is 0 Å². The van der Waals surface area contributed by atoms with Crippen LogP contribution in [0, 0.1) is 26.2 Å². The van der Waals surface area contributed by atoms with Crippen molar-refractivity contribution in [2.24, 2.45) is 0 Å². The minimum Gasteiger partial charge on any atom is -0.493 e. The second-order valence-corrected chi connectivity index (χ2v) is 4.88. The van der Waals surface area contributed by atoms with Crippen LogP contribution in [-0.2, 0) is 0 Å². The number of halogens is 2. The minimum atomic E-state index is -0.00202. The molecule has 0 radical (unpaired) electrons. The number of allylic oxidation sites excluding steroid dienone is 1. The number of nitrogens with zero attached hydrogens (tertiary/aromatic N) is 2. The molecule has 0 amide bonds. The van der Waals surface area contributed by atoms with Gasteiger partial charge in [0.2, 0.25) is 0 Å². The largest absolute Gasteiger partial charge is 0.493 e. The van der Waals surface area contributed by atoms with Crippen molar-refractivity contribution in [2.75, 3.05) is 12.4 Å². The zero-order valence-corrected chi connectivity index (χ0v) is 12.5. The normalized spacial score (nSPS) is 8.76. The Hall–Kier alpha value is -1.25. The zero-order valence-electron chi connectivity index (χ0n) is 8.79. The van der Waals surface area contributed by atoms with Crippen LogP contribution < -0.4 is 10.1 Å². The van der Waals surface area contributed by atoms with Crippen molar-refractivity contribution in [1.29, 1.82) is 10.5 Å². The molecule has 0 saturated carbocycles. The topological polar surface area (TPSA) is 68.8 Å². The van der Waals surface area contributed by atoms with Gasteiger partial charge >= 0.3 is 0 Å². The third-order valence-electron chi connectivity index (χ3n) is 1.86. The van der Waals surface area contributed by atoms with Crippen LogP contribution in [0.3, 0.4) is 0 Å². The molecule has 0 atom stereocenters. The lowest BCUT2D eigenvalue weighted by atomic mass is 10.3. The SMILES string of the molecule is COc1c(I)ccc(Br)c1NC=C(C#N)C#N. The average molecular weight is 404 g/mol. The van der Waals surface area contributed by atoms with Gasteiger partial charge in [-0.1, -0.05) is 0 Å². The van der Waals surface area contributed by atoms with Gasteiger partial charge in [0.15, 0.2) is 5.75 Å². The molecule has 0 bridgehead atoms. The van der Waals surface area contributed by atoms with Gasteiger partial charge in [-0.3, -0.25) is 0 Å². The number of hydrogen-bond acceptors (Lipinski definition) is 4. The summed E-state index contributed by atoms with van der Waals surface area (Å²) in [4.78, 5) is 0. The Morgan fingerprint density at radius 2 is 2.12 bits per heavy atom. The molecule has 1 rings (SSSR count). The molecule has 1 aromatic carbocycles. The number of nitrogens with one attached hydrogen (secondary N) is 1. The van der Waals surface area contributed by atoms with E-state index in [2.05, 4.69) is 43.8 Å². The van der Waals surface area contributed by atoms with Crippen LogP contribution >= 0.6 is 38.5 Å². The molecular weight excluding hydrogens is 397 g/mol. The Balaban J connectivity index is 3.16. The number of benzene rings is 1. The lowest BCUT2D eigenvalue weighted by Crippen LogP contribution is -1.97. The molecule has 0 aliphatic rings. The monoisotopic (exact) mass is 403 g/mol. The predicted octanol–water partition coefficient (Wildman–Crippen LogP) is 3.41. The quantitative estimate of drug-likeness (QED) is 0.620. The summed E-state index contributed by atoms with van der Waals surface area (Å²) < 4.78 is 6.98. The van der Waals surface area contributed by atoms with Crippen LogP contribution in [0.2, 0.25) is 0 Å². The second kappa shape index (κ2) is 6.48. The second-order valence-electron chi connectivity index (χ2n) is 2.86. The fraction of sp³-hybridized carbons (Fsp3) is 0.0909. The van der Waals surface area contributed by atoms with Crippen molar-refractivity contribution in [1.82, 2.24) is 0 Å². The number of anilines is 1. The van der Waals surface area contributed by atoms with E-state index >= 15 is 0 Å². The molecule has 0 saturated heterocycles. The van der Waals surface area contributed by atoms with E-state index in [1.807, 2.05) is 12.1 Å². The van der Waals surface area contributed by atoms with Gasteiger partial charge in [0.05, 0.1) is 16.4 Å². The predicted molar refractivity (Wildman–Crippen MR) is 76.3 cm³/mol. The highest BCUT2D eigenvalue weighted by Crippen LogP contribution is 2.36. The van der Waals surface area contributed by atoms with Gasteiger partial charge in [-0.15, -0.1) is 0 Å². The van der Waals surface area contributed by atoms with Gasteiger partial charge in [-0.25, -0.2) is 0 Å². The van der Waals surface area contributed by atoms with E-state index in [-0.39, 0.29) is 5.57 Å². The van der Waals surface area contributed by atoms with Gasteiger partial charge in [-0.2, -0.15) is 10.5 Å². The average Bonchev–Trinajstić information content (AvgIpc) is 2.34. The van der Waals surface area contributed by atoms with Crippen molar-refractivity contribution in [3.8, 4) is 17.9 Å². The van der Waals surface area contributed by atoms with E-state index in [4.69, 9.17) is 15.3 Å². The standard InChI is InChI=1S/C11H7BrIN3O/c1-17-11-9(13)3-2-8(12)10(11)16-6-7(4-14)5-15/h2-3,6,16H,1H3. The van der Waals surface area contributed by atoms with Crippen molar-refractivity contribution >= 4 is 44.2 Å². The maximum absolute atomic E-state index is 8.63. The van der Waals surface area contributed by atoms with Crippen LogP contribution in [0.15, 0.2) is 28.4 Å². The Morgan fingerprint density at radius 1 is 1.47 bits per heavy atom. The van der Waals surface area contributed by atoms with E-state index in [0.29, 0.717) is 11.4 Å². The van der Waals surface area contributed by atoms with Gasteiger partial charge < -0.3 is 10.1 Å². The van der Waals surface area contributed by atoms with Crippen molar-refractivity contribution in [2.45, 2.75) is 0 Å². The molecule has 86 valence electrons. The van der Waals surface area contributed by atoms with Crippen LogP contribution in [0.25, 0.3) is 0 Å². The molecule has 0 fully saturated rings. The first kappa shape index (κ1) is 13.8. The Morgan fingerprint density at radius 3 is 2.65 bits per heavy atom. The van der Waals surface area contributed by atoms with Gasteiger partial charge in [-0.05, 0) is 50.7 Å². The summed E-state index contributed by atoms with van der Waals surface area (Å²) in [5, 5.41) is 20.1. The fourth-order valence-electron chi connectivity index (χ4n) is 1.10. The molecular formula is C11H7BrIN3O. The smallest absolute Gasteiger partial charge is 0.156 e. The van der Waals surface area contributed by atoms with E-state index < -0.39 is 0 Å². The Labute approximate surface area is 121 Å². The van der Waals surface area contributed by atoms with E-state index in [1.54, 1.807) is 19.2 Å². The van der Waals surface area contributed by atoms with Crippen molar-refractivity contribution < 1.29 is 4.74 Å². The number of hydrogen-bond donors (Lipinski definition) is 1. The van der Waals surface area contributed by atoms with Crippen LogP contribution in [0.4, 0.5) is 5.69 Å². The lowest BCUT2D eigenvalue weighted by molar-refractivity contribution is 0.413. The summed E-state index contributed by atoms with van der Waals surface area (Å²) in [6.07, 6.45) is 1.35. The molecule has 0 aliphatic heterocycles. The summed E-state index contributed by atoms with van der Waals surface area (Å²) >= 11 is 5.52. The molecule has 0 heterocycles. The summed E-state index contributed by atoms with van der Waals surface area (Å²) in [6, 6.07) is 7.30. The highest BCUT2D eigenvalue weighted by molar-refractivity contribution is 14.1. The molecule has 4 nitrogen and oxygen atoms in total. The molecule has 0 unspecified atom stereocenters. The number of methoxy groups -OCH3 is 1. The summed E-state index contributed by atoms with van der Waals surface area (Å²) in [5.74, 6) is 0.659. The van der Waals surface area contributed by atoms with E-state index in [1.165, 1.54) is 6.20 Å². The Kier molecular flexibility index (Phi) is 5.26. The Bertz CT molecular complexity index is 527. The summed E-state index contributed by atoms with van der Waals surface area (Å²) in [7, 11) is 1.56. The first-order valence-electron chi connectivity index (χ1n) is 4.43. The number of ether oxygens (including phenoxy) is 1. The third kappa shape index (κ3) is 3.35. The molecule has 0 aliphatic carbocycles. The highest BCUT2D eigenvalue weighted by atomic mass is 127. The molecule has 0 spiro atoms. The fourth-order valence-corrected chi connectivity index (χ4v) is 2.20. The molecule has 6 heteroatoms. The van der Waals surface area contributed by atoms with Gasteiger partial charge in [0, 0.05) is 10.7 Å². The molecule has 1 aromatic rings. The third-order valence-corrected chi connectivity index (χ3v) is 3.37. The maximum atomic E-state index is 8.63. The van der Waals surface area contributed by atoms with Gasteiger partial charge in [0.1, 0.15) is 17.7 Å². The summed E-state index contributed by atoms with van der Waals surface area (Å²) in [6.45, 7) is 0. The van der Waals surface area contributed by atoms with E-state index in [0.717, 1.165) is 8.04 Å². The molecule has 1 N–H and O–H groups in total. The first-order chi connectivity index (χ1) is 8.13. The number of nitriles is 2. The number of rotatable bonds is 3. The van der Waals surface area contributed by atoms with Crippen molar-refractivity contribution in [3.63, 3.8) is 0 Å². The van der Waals surface area contributed by atoms with Crippen LogP contribution in [-0.4, -0.2) is 7.11 Å². The van der Waals surface area contributed by atoms with E-state index in [9.17, 15) is 0 Å². The lowest BCUT2D eigenvalue weighted by Gasteiger charge is -2.12. The molecule has 17 heavy (non-hydrogen) atoms. The zero-order chi connectivity index (χ0) is 12.8. The van der Waals surface area contributed by atoms with Crippen LogP contribution in [0.5, 0.6) is 5.75 Å².